The fraction of sp³-hybridized carbons (Fsp3) is 0.364. The zero-order valence-electron chi connectivity index (χ0n) is 8.88. The lowest BCUT2D eigenvalue weighted by atomic mass is 10.2. The van der Waals surface area contributed by atoms with Crippen LogP contribution in [0.5, 0.6) is 0 Å². The van der Waals surface area contributed by atoms with Gasteiger partial charge in [-0.2, -0.15) is 0 Å². The number of rotatable bonds is 4. The Kier molecular flexibility index (Phi) is 4.36. The average molecular weight is 243 g/mol. The monoisotopic (exact) mass is 242 g/mol. The third-order valence-corrected chi connectivity index (χ3v) is 2.48. The zero-order chi connectivity index (χ0) is 11.4. The van der Waals surface area contributed by atoms with E-state index in [2.05, 4.69) is 19.2 Å². The van der Waals surface area contributed by atoms with Gasteiger partial charge in [0.25, 0.3) is 0 Å². The van der Waals surface area contributed by atoms with Gasteiger partial charge in [-0.05, 0) is 24.1 Å². The van der Waals surface area contributed by atoms with Crippen molar-refractivity contribution in [2.75, 3.05) is 11.9 Å². The summed E-state index contributed by atoms with van der Waals surface area (Å²) in [4.78, 5) is 0.329. The molecule has 1 rings (SSSR count). The molecule has 0 amide bonds. The summed E-state index contributed by atoms with van der Waals surface area (Å²) in [7, 11) is 0. The number of nitrogens with two attached hydrogens (primary N) is 1. The van der Waals surface area contributed by atoms with E-state index in [1.807, 2.05) is 18.2 Å². The summed E-state index contributed by atoms with van der Waals surface area (Å²) in [6.07, 6.45) is 0. The van der Waals surface area contributed by atoms with Crippen LogP contribution in [0, 0.1) is 5.92 Å². The Balaban J connectivity index is 2.78. The third kappa shape index (κ3) is 3.68. The van der Waals surface area contributed by atoms with Crippen molar-refractivity contribution in [3.05, 3.63) is 28.8 Å². The molecule has 0 radical (unpaired) electrons. The Bertz CT molecular complexity index is 364. The third-order valence-electron chi connectivity index (χ3n) is 1.95. The standard InChI is InChI=1S/C11H15ClN2S/c1-7(2)6-14-8-3-4-9(11(13)15)10(12)5-8/h3-5,7,14H,6H2,1-2H3,(H2,13,15). The summed E-state index contributed by atoms with van der Waals surface area (Å²) in [5, 5.41) is 3.88. The Labute approximate surface area is 101 Å². The van der Waals surface area contributed by atoms with Crippen LogP contribution in [0.25, 0.3) is 0 Å². The highest BCUT2D eigenvalue weighted by Gasteiger charge is 2.04. The smallest absolute Gasteiger partial charge is 0.105 e. The van der Waals surface area contributed by atoms with Gasteiger partial charge in [0.2, 0.25) is 0 Å². The van der Waals surface area contributed by atoms with Crippen molar-refractivity contribution in [2.45, 2.75) is 13.8 Å². The number of hydrogen-bond acceptors (Lipinski definition) is 2. The molecular weight excluding hydrogens is 228 g/mol. The van der Waals surface area contributed by atoms with Crippen LogP contribution >= 0.6 is 23.8 Å². The molecule has 0 aromatic heterocycles. The molecule has 1 aromatic rings. The highest BCUT2D eigenvalue weighted by molar-refractivity contribution is 7.80. The molecule has 3 N–H and O–H groups in total. The lowest BCUT2D eigenvalue weighted by Gasteiger charge is -2.10. The molecule has 0 bridgehead atoms. The van der Waals surface area contributed by atoms with Crippen molar-refractivity contribution in [2.24, 2.45) is 11.7 Å². The maximum absolute atomic E-state index is 6.03. The molecule has 0 aliphatic heterocycles. The first-order chi connectivity index (χ1) is 7.00. The molecule has 0 aliphatic rings. The Morgan fingerprint density at radius 1 is 1.53 bits per heavy atom. The van der Waals surface area contributed by atoms with E-state index < -0.39 is 0 Å². The molecule has 1 aromatic carbocycles. The van der Waals surface area contributed by atoms with Crippen LogP contribution in [0.2, 0.25) is 5.02 Å². The van der Waals surface area contributed by atoms with Crippen molar-refractivity contribution in [1.29, 1.82) is 0 Å². The first kappa shape index (κ1) is 12.3. The van der Waals surface area contributed by atoms with Crippen LogP contribution < -0.4 is 11.1 Å². The average Bonchev–Trinajstić information content (AvgIpc) is 2.14. The second-order valence-electron chi connectivity index (χ2n) is 3.83. The number of thiocarbonyl (C=S) groups is 1. The van der Waals surface area contributed by atoms with Crippen LogP contribution in [0.3, 0.4) is 0 Å². The molecule has 0 saturated heterocycles. The summed E-state index contributed by atoms with van der Waals surface area (Å²) in [5.41, 5.74) is 7.23. The molecule has 82 valence electrons. The topological polar surface area (TPSA) is 38.0 Å². The number of benzene rings is 1. The first-order valence-corrected chi connectivity index (χ1v) is 5.62. The van der Waals surface area contributed by atoms with E-state index in [0.29, 0.717) is 15.9 Å². The van der Waals surface area contributed by atoms with Gasteiger partial charge in [-0.25, -0.2) is 0 Å². The zero-order valence-corrected chi connectivity index (χ0v) is 10.5. The van der Waals surface area contributed by atoms with Crippen molar-refractivity contribution >= 4 is 34.5 Å². The van der Waals surface area contributed by atoms with Gasteiger partial charge < -0.3 is 11.1 Å². The highest BCUT2D eigenvalue weighted by atomic mass is 35.5. The molecule has 15 heavy (non-hydrogen) atoms. The summed E-state index contributed by atoms with van der Waals surface area (Å²) in [6.45, 7) is 5.22. The highest BCUT2D eigenvalue weighted by Crippen LogP contribution is 2.21. The molecule has 0 saturated carbocycles. The van der Waals surface area contributed by atoms with Crippen LogP contribution in [-0.4, -0.2) is 11.5 Å². The van der Waals surface area contributed by atoms with Crippen LogP contribution in [0.15, 0.2) is 18.2 Å². The second-order valence-corrected chi connectivity index (χ2v) is 4.68. The van der Waals surface area contributed by atoms with Gasteiger partial charge in [-0.15, -0.1) is 0 Å². The van der Waals surface area contributed by atoms with E-state index in [0.717, 1.165) is 17.8 Å². The molecule has 0 spiro atoms. The van der Waals surface area contributed by atoms with Crippen LogP contribution in [0.4, 0.5) is 5.69 Å². The lowest BCUT2D eigenvalue weighted by molar-refractivity contribution is 0.689. The summed E-state index contributed by atoms with van der Waals surface area (Å²) < 4.78 is 0. The normalized spacial score (nSPS) is 10.4. The van der Waals surface area contributed by atoms with Crippen molar-refractivity contribution < 1.29 is 0 Å². The van der Waals surface area contributed by atoms with Gasteiger partial charge in [-0.1, -0.05) is 37.7 Å². The number of anilines is 1. The fourth-order valence-corrected chi connectivity index (χ4v) is 1.66. The summed E-state index contributed by atoms with van der Waals surface area (Å²) in [5.74, 6) is 0.596. The van der Waals surface area contributed by atoms with E-state index in [1.165, 1.54) is 0 Å². The quantitative estimate of drug-likeness (QED) is 0.798. The molecule has 0 heterocycles. The Hall–Kier alpha value is -0.800. The number of nitrogens with one attached hydrogen (secondary N) is 1. The van der Waals surface area contributed by atoms with Gasteiger partial charge in [0.15, 0.2) is 0 Å². The molecule has 0 aliphatic carbocycles. The van der Waals surface area contributed by atoms with Gasteiger partial charge in [0.1, 0.15) is 4.99 Å². The van der Waals surface area contributed by atoms with Gasteiger partial charge in [-0.3, -0.25) is 0 Å². The molecule has 4 heteroatoms. The summed E-state index contributed by atoms with van der Waals surface area (Å²) in [6, 6.07) is 5.62. The van der Waals surface area contributed by atoms with Crippen LogP contribution in [-0.2, 0) is 0 Å². The fourth-order valence-electron chi connectivity index (χ4n) is 1.15. The first-order valence-electron chi connectivity index (χ1n) is 4.84. The molecular formula is C11H15ClN2S. The molecule has 0 fully saturated rings. The SMILES string of the molecule is CC(C)CNc1ccc(C(N)=S)c(Cl)c1. The Morgan fingerprint density at radius 2 is 2.20 bits per heavy atom. The number of halogens is 1. The van der Waals surface area contributed by atoms with Gasteiger partial charge in [0, 0.05) is 17.8 Å². The predicted octanol–water partition coefficient (Wildman–Crippen LogP) is 3.04. The van der Waals surface area contributed by atoms with Gasteiger partial charge >= 0.3 is 0 Å². The Morgan fingerprint density at radius 3 is 2.67 bits per heavy atom. The predicted molar refractivity (Wildman–Crippen MR) is 70.7 cm³/mol. The minimum atomic E-state index is 0.329. The van der Waals surface area contributed by atoms with Gasteiger partial charge in [0.05, 0.1) is 5.02 Å². The van der Waals surface area contributed by atoms with Crippen molar-refractivity contribution in [3.63, 3.8) is 0 Å². The maximum Gasteiger partial charge on any atom is 0.105 e. The largest absolute Gasteiger partial charge is 0.389 e. The second kappa shape index (κ2) is 5.33. The minimum Gasteiger partial charge on any atom is -0.389 e. The van der Waals surface area contributed by atoms with E-state index in [4.69, 9.17) is 29.6 Å². The van der Waals surface area contributed by atoms with E-state index in [1.54, 1.807) is 0 Å². The maximum atomic E-state index is 6.03. The molecule has 0 atom stereocenters. The molecule has 0 unspecified atom stereocenters. The minimum absolute atomic E-state index is 0.329. The van der Waals surface area contributed by atoms with Crippen molar-refractivity contribution in [3.8, 4) is 0 Å². The lowest BCUT2D eigenvalue weighted by Crippen LogP contribution is -2.11. The van der Waals surface area contributed by atoms with Crippen LogP contribution in [0.1, 0.15) is 19.4 Å². The van der Waals surface area contributed by atoms with E-state index in [-0.39, 0.29) is 0 Å². The number of hydrogen-bond donors (Lipinski definition) is 2. The van der Waals surface area contributed by atoms with Crippen molar-refractivity contribution in [1.82, 2.24) is 0 Å². The summed E-state index contributed by atoms with van der Waals surface area (Å²) >= 11 is 10.9. The molecule has 2 nitrogen and oxygen atoms in total. The van der Waals surface area contributed by atoms with E-state index >= 15 is 0 Å². The van der Waals surface area contributed by atoms with E-state index in [9.17, 15) is 0 Å².